The summed E-state index contributed by atoms with van der Waals surface area (Å²) in [5.41, 5.74) is 3.44. The molecular formula is C21H19N3O3S. The zero-order chi connectivity index (χ0) is 20.3. The number of hydrogen-bond donors (Lipinski definition) is 0. The third-order valence-corrected chi connectivity index (χ3v) is 6.29. The SMILES string of the molecule is COc1ccc(S(=O)(=O)N(C)c2ccc(C)c(-c3ccnc(C#N)c3)c2)cc1. The van der Waals surface area contributed by atoms with E-state index < -0.39 is 10.0 Å². The van der Waals surface area contributed by atoms with Crippen LogP contribution in [0.2, 0.25) is 0 Å². The first-order valence-electron chi connectivity index (χ1n) is 8.47. The van der Waals surface area contributed by atoms with Gasteiger partial charge in [-0.2, -0.15) is 5.26 Å². The van der Waals surface area contributed by atoms with Gasteiger partial charge in [0, 0.05) is 13.2 Å². The number of hydrogen-bond acceptors (Lipinski definition) is 5. The Balaban J connectivity index is 2.02. The summed E-state index contributed by atoms with van der Waals surface area (Å²) >= 11 is 0. The minimum absolute atomic E-state index is 0.175. The molecule has 0 saturated carbocycles. The third-order valence-electron chi connectivity index (χ3n) is 4.49. The lowest BCUT2D eigenvalue weighted by atomic mass is 10.0. The minimum atomic E-state index is -3.73. The molecule has 0 aliphatic heterocycles. The zero-order valence-corrected chi connectivity index (χ0v) is 16.6. The van der Waals surface area contributed by atoms with Gasteiger partial charge in [0.1, 0.15) is 17.5 Å². The third kappa shape index (κ3) is 3.68. The van der Waals surface area contributed by atoms with Crippen molar-refractivity contribution in [2.75, 3.05) is 18.5 Å². The molecule has 0 unspecified atom stereocenters. The van der Waals surface area contributed by atoms with Crippen LogP contribution in [-0.4, -0.2) is 27.6 Å². The van der Waals surface area contributed by atoms with Crippen LogP contribution in [0.4, 0.5) is 5.69 Å². The van der Waals surface area contributed by atoms with Crippen LogP contribution in [0.5, 0.6) is 5.75 Å². The van der Waals surface area contributed by atoms with Crippen molar-refractivity contribution in [1.82, 2.24) is 4.98 Å². The summed E-state index contributed by atoms with van der Waals surface area (Å²) in [4.78, 5) is 4.16. The van der Waals surface area contributed by atoms with Gasteiger partial charge in [0.05, 0.1) is 17.7 Å². The summed E-state index contributed by atoms with van der Waals surface area (Å²) < 4.78 is 32.3. The normalized spacial score (nSPS) is 10.9. The summed E-state index contributed by atoms with van der Waals surface area (Å²) in [6, 6.07) is 17.2. The van der Waals surface area contributed by atoms with Crippen molar-refractivity contribution in [3.05, 3.63) is 72.1 Å². The highest BCUT2D eigenvalue weighted by Gasteiger charge is 2.22. The largest absolute Gasteiger partial charge is 0.497 e. The number of nitriles is 1. The van der Waals surface area contributed by atoms with Gasteiger partial charge in [-0.3, -0.25) is 4.31 Å². The predicted molar refractivity (Wildman–Crippen MR) is 108 cm³/mol. The quantitative estimate of drug-likeness (QED) is 0.659. The van der Waals surface area contributed by atoms with E-state index in [1.54, 1.807) is 42.6 Å². The Labute approximate surface area is 164 Å². The molecule has 0 radical (unpaired) electrons. The van der Waals surface area contributed by atoms with E-state index in [2.05, 4.69) is 4.98 Å². The summed E-state index contributed by atoms with van der Waals surface area (Å²) in [6.07, 6.45) is 1.57. The molecule has 0 atom stereocenters. The van der Waals surface area contributed by atoms with Gasteiger partial charge in [-0.25, -0.2) is 13.4 Å². The molecular weight excluding hydrogens is 374 g/mol. The first-order chi connectivity index (χ1) is 13.4. The van der Waals surface area contributed by atoms with E-state index in [9.17, 15) is 8.42 Å². The number of aryl methyl sites for hydroxylation is 1. The Morgan fingerprint density at radius 1 is 1.07 bits per heavy atom. The van der Waals surface area contributed by atoms with Crippen molar-refractivity contribution in [3.8, 4) is 22.9 Å². The molecule has 3 rings (SSSR count). The van der Waals surface area contributed by atoms with Gasteiger partial charge in [0.15, 0.2) is 0 Å². The smallest absolute Gasteiger partial charge is 0.264 e. The maximum Gasteiger partial charge on any atom is 0.264 e. The molecule has 0 N–H and O–H groups in total. The van der Waals surface area contributed by atoms with Crippen LogP contribution in [-0.2, 0) is 10.0 Å². The standard InChI is InChI=1S/C21H19N3O3S/c1-15-4-5-18(13-21(15)16-10-11-23-17(12-16)14-22)24(2)28(25,26)20-8-6-19(27-3)7-9-20/h4-13H,1-3H3. The van der Waals surface area contributed by atoms with E-state index in [0.717, 1.165) is 16.7 Å². The molecule has 0 bridgehead atoms. The molecule has 0 spiro atoms. The number of nitrogens with zero attached hydrogens (tertiary/aromatic N) is 3. The molecule has 0 saturated heterocycles. The van der Waals surface area contributed by atoms with Gasteiger partial charge in [-0.15, -0.1) is 0 Å². The Morgan fingerprint density at radius 2 is 1.79 bits per heavy atom. The molecule has 142 valence electrons. The van der Waals surface area contributed by atoms with Crippen molar-refractivity contribution in [1.29, 1.82) is 5.26 Å². The molecule has 0 amide bonds. The average Bonchev–Trinajstić information content (AvgIpc) is 2.73. The fourth-order valence-electron chi connectivity index (χ4n) is 2.82. The van der Waals surface area contributed by atoms with Crippen molar-refractivity contribution < 1.29 is 13.2 Å². The number of aromatic nitrogens is 1. The van der Waals surface area contributed by atoms with Crippen LogP contribution >= 0.6 is 0 Å². The second-order valence-corrected chi connectivity index (χ2v) is 8.16. The monoisotopic (exact) mass is 393 g/mol. The van der Waals surface area contributed by atoms with E-state index in [1.165, 1.54) is 30.6 Å². The number of rotatable bonds is 5. The number of pyridine rings is 1. The van der Waals surface area contributed by atoms with E-state index in [0.29, 0.717) is 17.1 Å². The average molecular weight is 393 g/mol. The van der Waals surface area contributed by atoms with Crippen LogP contribution in [0.3, 0.4) is 0 Å². The van der Waals surface area contributed by atoms with Crippen LogP contribution in [0.15, 0.2) is 65.7 Å². The number of anilines is 1. The summed E-state index contributed by atoms with van der Waals surface area (Å²) in [5.74, 6) is 0.588. The Kier molecular flexibility index (Phi) is 5.34. The van der Waals surface area contributed by atoms with Gasteiger partial charge in [0.25, 0.3) is 10.0 Å². The number of ether oxygens (including phenoxy) is 1. The fraction of sp³-hybridized carbons (Fsp3) is 0.143. The van der Waals surface area contributed by atoms with Crippen LogP contribution < -0.4 is 9.04 Å². The molecule has 1 aromatic heterocycles. The Hall–Kier alpha value is -3.37. The summed E-state index contributed by atoms with van der Waals surface area (Å²) in [5, 5.41) is 9.08. The van der Waals surface area contributed by atoms with Gasteiger partial charge in [-0.05, 0) is 72.1 Å². The molecule has 0 aliphatic carbocycles. The maximum absolute atomic E-state index is 13.0. The van der Waals surface area contributed by atoms with Crippen molar-refractivity contribution in [2.45, 2.75) is 11.8 Å². The van der Waals surface area contributed by atoms with Gasteiger partial charge in [-0.1, -0.05) is 6.07 Å². The van der Waals surface area contributed by atoms with Crippen LogP contribution in [0.25, 0.3) is 11.1 Å². The van der Waals surface area contributed by atoms with Crippen LogP contribution in [0, 0.1) is 18.3 Å². The summed E-state index contributed by atoms with van der Waals surface area (Å²) in [6.45, 7) is 1.93. The Morgan fingerprint density at radius 3 is 2.43 bits per heavy atom. The molecule has 3 aromatic rings. The Bertz CT molecular complexity index is 1150. The molecule has 0 aliphatic rings. The van der Waals surface area contributed by atoms with E-state index >= 15 is 0 Å². The minimum Gasteiger partial charge on any atom is -0.497 e. The lowest BCUT2D eigenvalue weighted by molar-refractivity contribution is 0.414. The number of methoxy groups -OCH3 is 1. The van der Waals surface area contributed by atoms with E-state index in [1.807, 2.05) is 19.1 Å². The van der Waals surface area contributed by atoms with Gasteiger partial charge in [0.2, 0.25) is 0 Å². The molecule has 28 heavy (non-hydrogen) atoms. The molecule has 2 aromatic carbocycles. The fourth-order valence-corrected chi connectivity index (χ4v) is 4.01. The molecule has 0 fully saturated rings. The highest BCUT2D eigenvalue weighted by molar-refractivity contribution is 7.92. The first-order valence-corrected chi connectivity index (χ1v) is 9.91. The predicted octanol–water partition coefficient (Wildman–Crippen LogP) is 3.76. The van der Waals surface area contributed by atoms with Gasteiger partial charge >= 0.3 is 0 Å². The topological polar surface area (TPSA) is 83.3 Å². The van der Waals surface area contributed by atoms with Crippen molar-refractivity contribution in [3.63, 3.8) is 0 Å². The second-order valence-electron chi connectivity index (χ2n) is 6.19. The van der Waals surface area contributed by atoms with E-state index in [4.69, 9.17) is 10.00 Å². The molecule has 6 nitrogen and oxygen atoms in total. The molecule has 7 heteroatoms. The highest BCUT2D eigenvalue weighted by atomic mass is 32.2. The van der Waals surface area contributed by atoms with Gasteiger partial charge < -0.3 is 4.74 Å². The number of benzene rings is 2. The number of sulfonamides is 1. The van der Waals surface area contributed by atoms with Crippen molar-refractivity contribution >= 4 is 15.7 Å². The maximum atomic E-state index is 13.0. The highest BCUT2D eigenvalue weighted by Crippen LogP contribution is 2.30. The molecule has 1 heterocycles. The zero-order valence-electron chi connectivity index (χ0n) is 15.7. The second kappa shape index (κ2) is 7.71. The lowest BCUT2D eigenvalue weighted by Gasteiger charge is -2.21. The first kappa shape index (κ1) is 19.4. The van der Waals surface area contributed by atoms with Crippen LogP contribution in [0.1, 0.15) is 11.3 Å². The van der Waals surface area contributed by atoms with Crippen molar-refractivity contribution in [2.24, 2.45) is 0 Å². The summed E-state index contributed by atoms with van der Waals surface area (Å²) in [7, 11) is -0.685. The lowest BCUT2D eigenvalue weighted by Crippen LogP contribution is -2.26. The van der Waals surface area contributed by atoms with E-state index in [-0.39, 0.29) is 4.90 Å².